The molecule has 2 aliphatic carbocycles. The number of rotatable bonds is 2. The molecule has 2 bridgehead atoms. The predicted octanol–water partition coefficient (Wildman–Crippen LogP) is 4.17. The van der Waals surface area contributed by atoms with Gasteiger partial charge in [-0.3, -0.25) is 14.7 Å². The molecule has 0 aliphatic heterocycles. The first-order valence-electron chi connectivity index (χ1n) is 8.35. The van der Waals surface area contributed by atoms with Gasteiger partial charge in [-0.15, -0.1) is 0 Å². The van der Waals surface area contributed by atoms with E-state index in [0.29, 0.717) is 27.9 Å². The molecule has 0 spiro atoms. The Morgan fingerprint density at radius 3 is 1.80 bits per heavy atom. The lowest BCUT2D eigenvalue weighted by Gasteiger charge is -2.19. The molecule has 0 fully saturated rings. The van der Waals surface area contributed by atoms with E-state index in [9.17, 15) is 20.3 Å². The molecule has 25 heavy (non-hydrogen) atoms. The van der Waals surface area contributed by atoms with Crippen LogP contribution in [0.5, 0.6) is 11.8 Å². The first-order valence-corrected chi connectivity index (χ1v) is 8.35. The van der Waals surface area contributed by atoms with Crippen LogP contribution in [0.3, 0.4) is 0 Å². The van der Waals surface area contributed by atoms with Crippen LogP contribution in [0.15, 0.2) is 12.2 Å². The monoisotopic (exact) mass is 340 g/mol. The highest BCUT2D eigenvalue weighted by molar-refractivity contribution is 5.69. The second kappa shape index (κ2) is 4.88. The maximum Gasteiger partial charge on any atom is 0.275 e. The van der Waals surface area contributed by atoms with E-state index in [4.69, 9.17) is 0 Å². The largest absolute Gasteiger partial charge is 0.494 e. The highest BCUT2D eigenvalue weighted by atomic mass is 16.6. The van der Waals surface area contributed by atoms with Gasteiger partial charge in [-0.25, -0.2) is 0 Å². The minimum Gasteiger partial charge on any atom is -0.494 e. The molecule has 1 heterocycles. The molecule has 2 aliphatic rings. The molecule has 2 atom stereocenters. The highest BCUT2D eigenvalue weighted by Crippen LogP contribution is 2.57. The number of benzene rings is 1. The Labute approximate surface area is 145 Å². The molecule has 1 aromatic carbocycles. The summed E-state index contributed by atoms with van der Waals surface area (Å²) >= 11 is 0. The number of aromatic hydroxyl groups is 2. The van der Waals surface area contributed by atoms with Gasteiger partial charge in [0.05, 0.1) is 10.6 Å². The second-order valence-electron chi connectivity index (χ2n) is 7.10. The Kier molecular flexibility index (Phi) is 3.07. The smallest absolute Gasteiger partial charge is 0.275 e. The molecule has 0 radical (unpaired) electrons. The standard InChI is InChI=1S/C19H20N2O4/c1-8-10(3)17(21(24)25)11(4)9(2)16(8)20-18(22)14-12-5-6-13(7-12)15(14)19(20)23/h5-6,12-13,22-23H,7H2,1-4H3/t12-,13+. The molecule has 2 aromatic rings. The molecule has 2 N–H and O–H groups in total. The van der Waals surface area contributed by atoms with Crippen molar-refractivity contribution in [3.63, 3.8) is 0 Å². The lowest BCUT2D eigenvalue weighted by molar-refractivity contribution is -0.386. The molecular weight excluding hydrogens is 320 g/mol. The van der Waals surface area contributed by atoms with Gasteiger partial charge >= 0.3 is 0 Å². The number of fused-ring (bicyclic) bond motifs is 5. The highest BCUT2D eigenvalue weighted by Gasteiger charge is 2.42. The summed E-state index contributed by atoms with van der Waals surface area (Å²) in [5, 5.41) is 33.1. The first-order chi connectivity index (χ1) is 11.8. The van der Waals surface area contributed by atoms with E-state index in [-0.39, 0.29) is 34.2 Å². The first kappa shape index (κ1) is 15.7. The number of aromatic nitrogens is 1. The maximum absolute atomic E-state index is 11.4. The second-order valence-corrected chi connectivity index (χ2v) is 7.10. The van der Waals surface area contributed by atoms with Crippen molar-refractivity contribution in [2.45, 2.75) is 46.0 Å². The van der Waals surface area contributed by atoms with E-state index >= 15 is 0 Å². The minimum atomic E-state index is -0.367. The number of nitro groups is 1. The SMILES string of the molecule is Cc1c(C)c([N+](=O)[O-])c(C)c(C)c1-n1c(O)c2c(c1O)[C@H]1C=C[C@@H]2C1. The van der Waals surface area contributed by atoms with Gasteiger partial charge in [-0.1, -0.05) is 12.2 Å². The molecule has 4 rings (SSSR count). The van der Waals surface area contributed by atoms with Crippen molar-refractivity contribution >= 4 is 5.69 Å². The lowest BCUT2D eigenvalue weighted by Crippen LogP contribution is -2.07. The molecule has 6 nitrogen and oxygen atoms in total. The molecule has 0 saturated heterocycles. The van der Waals surface area contributed by atoms with Crippen LogP contribution in [0.2, 0.25) is 0 Å². The van der Waals surface area contributed by atoms with Gasteiger partial charge in [0.25, 0.3) is 5.69 Å². The fourth-order valence-electron chi connectivity index (χ4n) is 4.53. The van der Waals surface area contributed by atoms with Crippen molar-refractivity contribution in [3.8, 4) is 17.4 Å². The van der Waals surface area contributed by atoms with Gasteiger partial charge in [-0.2, -0.15) is 0 Å². The molecule has 0 saturated carbocycles. The Morgan fingerprint density at radius 2 is 1.40 bits per heavy atom. The van der Waals surface area contributed by atoms with Crippen LogP contribution in [0, 0.1) is 37.8 Å². The third-order valence-corrected chi connectivity index (χ3v) is 5.97. The summed E-state index contributed by atoms with van der Waals surface area (Å²) in [6, 6.07) is 0. The molecule has 130 valence electrons. The molecule has 0 unspecified atom stereocenters. The fraction of sp³-hybridized carbons (Fsp3) is 0.368. The van der Waals surface area contributed by atoms with E-state index in [2.05, 4.69) is 12.2 Å². The van der Waals surface area contributed by atoms with Gasteiger partial charge < -0.3 is 10.2 Å². The van der Waals surface area contributed by atoms with E-state index < -0.39 is 0 Å². The van der Waals surface area contributed by atoms with Crippen molar-refractivity contribution in [3.05, 3.63) is 55.6 Å². The number of hydrogen-bond donors (Lipinski definition) is 2. The number of nitrogens with zero attached hydrogens (tertiary/aromatic N) is 2. The average molecular weight is 340 g/mol. The lowest BCUT2D eigenvalue weighted by atomic mass is 9.95. The van der Waals surface area contributed by atoms with Crippen molar-refractivity contribution in [1.82, 2.24) is 4.57 Å². The Hall–Kier alpha value is -2.76. The van der Waals surface area contributed by atoms with Gasteiger partial charge in [0.15, 0.2) is 0 Å². The Bertz CT molecular complexity index is 920. The maximum atomic E-state index is 11.4. The van der Waals surface area contributed by atoms with Crippen LogP contribution in [0.25, 0.3) is 5.69 Å². The van der Waals surface area contributed by atoms with E-state index in [1.165, 1.54) is 4.57 Å². The summed E-state index contributed by atoms with van der Waals surface area (Å²) < 4.78 is 1.46. The van der Waals surface area contributed by atoms with Crippen molar-refractivity contribution < 1.29 is 15.1 Å². The zero-order chi connectivity index (χ0) is 18.2. The topological polar surface area (TPSA) is 88.5 Å². The number of hydrogen-bond acceptors (Lipinski definition) is 4. The van der Waals surface area contributed by atoms with Crippen LogP contribution in [0.1, 0.15) is 51.6 Å². The van der Waals surface area contributed by atoms with E-state index in [0.717, 1.165) is 17.5 Å². The third kappa shape index (κ3) is 1.79. The van der Waals surface area contributed by atoms with Gasteiger partial charge in [0.1, 0.15) is 0 Å². The molecule has 6 heteroatoms. The van der Waals surface area contributed by atoms with Crippen molar-refractivity contribution in [2.24, 2.45) is 0 Å². The van der Waals surface area contributed by atoms with Crippen LogP contribution in [-0.2, 0) is 0 Å². The molecule has 0 amide bonds. The van der Waals surface area contributed by atoms with Crippen LogP contribution >= 0.6 is 0 Å². The Balaban J connectivity index is 2.04. The van der Waals surface area contributed by atoms with Crippen molar-refractivity contribution in [1.29, 1.82) is 0 Å². The van der Waals surface area contributed by atoms with Crippen LogP contribution in [0.4, 0.5) is 5.69 Å². The molecular formula is C19H20N2O4. The van der Waals surface area contributed by atoms with Gasteiger partial charge in [0, 0.05) is 34.1 Å². The normalized spacial score (nSPS) is 20.3. The van der Waals surface area contributed by atoms with Gasteiger partial charge in [0.2, 0.25) is 11.8 Å². The average Bonchev–Trinajstić information content (AvgIpc) is 3.22. The van der Waals surface area contributed by atoms with E-state index in [1.807, 2.05) is 0 Å². The van der Waals surface area contributed by atoms with Crippen LogP contribution in [-0.4, -0.2) is 19.7 Å². The Morgan fingerprint density at radius 1 is 0.960 bits per heavy atom. The number of nitro benzene ring substituents is 1. The number of allylic oxidation sites excluding steroid dienone is 2. The van der Waals surface area contributed by atoms with E-state index in [1.54, 1.807) is 27.7 Å². The third-order valence-electron chi connectivity index (χ3n) is 5.97. The van der Waals surface area contributed by atoms with Crippen LogP contribution < -0.4 is 0 Å². The summed E-state index contributed by atoms with van der Waals surface area (Å²) in [6.45, 7) is 7.00. The summed E-state index contributed by atoms with van der Waals surface area (Å²) in [6.07, 6.45) is 5.04. The predicted molar refractivity (Wildman–Crippen MR) is 93.9 cm³/mol. The summed E-state index contributed by atoms with van der Waals surface area (Å²) in [5.41, 5.74) is 4.79. The summed E-state index contributed by atoms with van der Waals surface area (Å²) in [5.74, 6) is 0.354. The summed E-state index contributed by atoms with van der Waals surface area (Å²) in [7, 11) is 0. The van der Waals surface area contributed by atoms with Gasteiger partial charge in [-0.05, 0) is 45.2 Å². The summed E-state index contributed by atoms with van der Waals surface area (Å²) in [4.78, 5) is 11.1. The minimum absolute atomic E-state index is 0.0446. The quantitative estimate of drug-likeness (QED) is 0.488. The zero-order valence-electron chi connectivity index (χ0n) is 14.6. The molecule has 1 aromatic heterocycles. The zero-order valence-corrected chi connectivity index (χ0v) is 14.6. The van der Waals surface area contributed by atoms with Crippen molar-refractivity contribution in [2.75, 3.05) is 0 Å². The fourth-order valence-corrected chi connectivity index (χ4v) is 4.53.